The Kier molecular flexibility index (Phi) is 10.4. The molecule has 0 N–H and O–H groups in total. The molecule has 0 atom stereocenters. The second-order valence-corrected chi connectivity index (χ2v) is 6.95. The van der Waals surface area contributed by atoms with E-state index in [0.717, 1.165) is 0 Å². The van der Waals surface area contributed by atoms with Crippen molar-refractivity contribution in [2.45, 2.75) is 34.5 Å². The molecule has 0 aromatic heterocycles. The van der Waals surface area contributed by atoms with Crippen molar-refractivity contribution >= 4 is 8.32 Å². The zero-order valence-corrected chi connectivity index (χ0v) is 5.91. The Labute approximate surface area is 55.2 Å². The van der Waals surface area contributed by atoms with E-state index < -0.39 is 8.32 Å². The van der Waals surface area contributed by atoms with E-state index in [4.69, 9.17) is 4.43 Å². The van der Waals surface area contributed by atoms with E-state index in [1.807, 2.05) is 0 Å². The van der Waals surface area contributed by atoms with Gasteiger partial charge in [-0.15, -0.1) is 0 Å². The smallest absolute Gasteiger partial charge is 0.183 e. The maximum atomic E-state index is 5.08. The standard InChI is InChI=1S/C4H12OSi.2CH4/c1-5-6(2,3)4;;/h1-4H3;2*1H4. The molecule has 0 amide bonds. The molecule has 0 fully saturated rings. The van der Waals surface area contributed by atoms with Crippen LogP contribution in [0.3, 0.4) is 0 Å². The molecular formula is C6H20OSi. The lowest BCUT2D eigenvalue weighted by Gasteiger charge is -2.10. The van der Waals surface area contributed by atoms with Crippen LogP contribution in [0.2, 0.25) is 19.6 Å². The van der Waals surface area contributed by atoms with Crippen molar-refractivity contribution < 1.29 is 4.43 Å². The summed E-state index contributed by atoms with van der Waals surface area (Å²) in [5.41, 5.74) is 0. The van der Waals surface area contributed by atoms with E-state index >= 15 is 0 Å². The topological polar surface area (TPSA) is 9.23 Å². The first kappa shape index (κ1) is 15.7. The summed E-state index contributed by atoms with van der Waals surface area (Å²) in [6.45, 7) is 6.48. The molecule has 0 bridgehead atoms. The zero-order chi connectivity index (χ0) is 5.21. The fourth-order valence-electron chi connectivity index (χ4n) is 0. The number of hydrogen-bond acceptors (Lipinski definition) is 1. The van der Waals surface area contributed by atoms with Gasteiger partial charge in [0, 0.05) is 7.11 Å². The molecule has 2 heteroatoms. The van der Waals surface area contributed by atoms with Gasteiger partial charge in [-0.1, -0.05) is 14.9 Å². The lowest BCUT2D eigenvalue weighted by Crippen LogP contribution is -2.22. The van der Waals surface area contributed by atoms with Crippen molar-refractivity contribution in [1.82, 2.24) is 0 Å². The fraction of sp³-hybridized carbons (Fsp3) is 1.00. The fourth-order valence-corrected chi connectivity index (χ4v) is 0. The summed E-state index contributed by atoms with van der Waals surface area (Å²) in [7, 11) is 0.639. The van der Waals surface area contributed by atoms with E-state index in [0.29, 0.717) is 0 Å². The average Bonchev–Trinajstić information content (AvgIpc) is 1.35. The Balaban J connectivity index is -0.000000125. The van der Waals surface area contributed by atoms with E-state index in [9.17, 15) is 0 Å². The van der Waals surface area contributed by atoms with Gasteiger partial charge in [0.05, 0.1) is 0 Å². The van der Waals surface area contributed by atoms with Crippen molar-refractivity contribution in [2.24, 2.45) is 0 Å². The third-order valence-electron chi connectivity index (χ3n) is 0.612. The van der Waals surface area contributed by atoms with Gasteiger partial charge in [-0.3, -0.25) is 0 Å². The molecule has 0 aromatic rings. The molecule has 0 saturated carbocycles. The summed E-state index contributed by atoms with van der Waals surface area (Å²) in [5.74, 6) is 0. The van der Waals surface area contributed by atoms with Gasteiger partial charge in [0.25, 0.3) is 0 Å². The van der Waals surface area contributed by atoms with Gasteiger partial charge in [-0.2, -0.15) is 0 Å². The van der Waals surface area contributed by atoms with E-state index in [2.05, 4.69) is 19.6 Å². The quantitative estimate of drug-likeness (QED) is 0.504. The summed E-state index contributed by atoms with van der Waals surface area (Å²) in [4.78, 5) is 0. The van der Waals surface area contributed by atoms with Crippen LogP contribution in [0.15, 0.2) is 0 Å². The predicted molar refractivity (Wildman–Crippen MR) is 43.8 cm³/mol. The van der Waals surface area contributed by atoms with Crippen LogP contribution in [0.5, 0.6) is 0 Å². The van der Waals surface area contributed by atoms with Crippen molar-refractivity contribution in [3.05, 3.63) is 0 Å². The Morgan fingerprint density at radius 3 is 1.12 bits per heavy atom. The maximum absolute atomic E-state index is 5.08. The van der Waals surface area contributed by atoms with Crippen LogP contribution in [0.25, 0.3) is 0 Å². The molecule has 0 aliphatic carbocycles. The minimum atomic E-state index is -1.13. The molecule has 0 spiro atoms. The molecule has 0 heterocycles. The molecule has 54 valence electrons. The minimum absolute atomic E-state index is 0. The van der Waals surface area contributed by atoms with Gasteiger partial charge in [0.2, 0.25) is 0 Å². The summed E-state index contributed by atoms with van der Waals surface area (Å²) in [6, 6.07) is 0. The molecule has 0 aliphatic rings. The maximum Gasteiger partial charge on any atom is 0.183 e. The van der Waals surface area contributed by atoms with E-state index in [1.165, 1.54) is 0 Å². The Morgan fingerprint density at radius 1 is 1.00 bits per heavy atom. The highest BCUT2D eigenvalue weighted by Gasteiger charge is 2.09. The SMILES string of the molecule is C.C.CO[Si](C)(C)C. The highest BCUT2D eigenvalue weighted by atomic mass is 28.4. The van der Waals surface area contributed by atoms with Crippen molar-refractivity contribution in [2.75, 3.05) is 7.11 Å². The Bertz CT molecular complexity index is 38.3. The first-order valence-electron chi connectivity index (χ1n) is 2.11. The second kappa shape index (κ2) is 5.32. The number of rotatable bonds is 1. The first-order chi connectivity index (χ1) is 2.56. The monoisotopic (exact) mass is 136 g/mol. The minimum Gasteiger partial charge on any atom is -0.421 e. The van der Waals surface area contributed by atoms with Gasteiger partial charge in [-0.25, -0.2) is 0 Å². The van der Waals surface area contributed by atoms with Gasteiger partial charge in [-0.05, 0) is 19.6 Å². The lowest BCUT2D eigenvalue weighted by molar-refractivity contribution is 0.411. The van der Waals surface area contributed by atoms with Gasteiger partial charge in [0.1, 0.15) is 0 Å². The third-order valence-corrected chi connectivity index (χ3v) is 1.84. The van der Waals surface area contributed by atoms with Crippen LogP contribution in [0, 0.1) is 0 Å². The van der Waals surface area contributed by atoms with Crippen molar-refractivity contribution in [3.8, 4) is 0 Å². The highest BCUT2D eigenvalue weighted by molar-refractivity contribution is 6.69. The molecule has 0 saturated heterocycles. The average molecular weight is 136 g/mol. The largest absolute Gasteiger partial charge is 0.421 e. The molecule has 1 nitrogen and oxygen atoms in total. The summed E-state index contributed by atoms with van der Waals surface area (Å²) in [6.07, 6.45) is 0. The van der Waals surface area contributed by atoms with Gasteiger partial charge < -0.3 is 4.43 Å². The van der Waals surface area contributed by atoms with Gasteiger partial charge in [0.15, 0.2) is 8.32 Å². The summed E-state index contributed by atoms with van der Waals surface area (Å²) >= 11 is 0. The van der Waals surface area contributed by atoms with E-state index in [1.54, 1.807) is 7.11 Å². The first-order valence-corrected chi connectivity index (χ1v) is 5.52. The summed E-state index contributed by atoms with van der Waals surface area (Å²) in [5, 5.41) is 0. The zero-order valence-electron chi connectivity index (χ0n) is 4.91. The van der Waals surface area contributed by atoms with Gasteiger partial charge >= 0.3 is 0 Å². The highest BCUT2D eigenvalue weighted by Crippen LogP contribution is 1.97. The van der Waals surface area contributed by atoms with Crippen LogP contribution in [-0.4, -0.2) is 15.4 Å². The molecule has 0 aliphatic heterocycles. The Morgan fingerprint density at radius 2 is 1.12 bits per heavy atom. The molecule has 0 unspecified atom stereocenters. The molecule has 0 rings (SSSR count). The molecule has 8 heavy (non-hydrogen) atoms. The van der Waals surface area contributed by atoms with Crippen LogP contribution in [0.4, 0.5) is 0 Å². The lowest BCUT2D eigenvalue weighted by atomic mass is 11.8. The van der Waals surface area contributed by atoms with Crippen molar-refractivity contribution in [1.29, 1.82) is 0 Å². The third kappa shape index (κ3) is 16.4. The molecular weight excluding hydrogens is 116 g/mol. The second-order valence-electron chi connectivity index (χ2n) is 2.32. The normalized spacial score (nSPS) is 9.00. The van der Waals surface area contributed by atoms with Crippen LogP contribution >= 0.6 is 0 Å². The Hall–Kier alpha value is 0.177. The van der Waals surface area contributed by atoms with Crippen LogP contribution in [-0.2, 0) is 4.43 Å². The van der Waals surface area contributed by atoms with Crippen LogP contribution in [0.1, 0.15) is 14.9 Å². The molecule has 0 aromatic carbocycles. The summed E-state index contributed by atoms with van der Waals surface area (Å²) < 4.78 is 5.08. The van der Waals surface area contributed by atoms with Crippen LogP contribution < -0.4 is 0 Å². The van der Waals surface area contributed by atoms with E-state index in [-0.39, 0.29) is 14.9 Å². The number of hydrogen-bond donors (Lipinski definition) is 0. The van der Waals surface area contributed by atoms with Crippen molar-refractivity contribution in [3.63, 3.8) is 0 Å². The molecule has 0 radical (unpaired) electrons. The predicted octanol–water partition coefficient (Wildman–Crippen LogP) is 2.74.